The van der Waals surface area contributed by atoms with Gasteiger partial charge in [-0.1, -0.05) is 68.4 Å². The van der Waals surface area contributed by atoms with Crippen LogP contribution in [0.1, 0.15) is 25.3 Å². The highest BCUT2D eigenvalue weighted by atomic mass is 14.9. The Morgan fingerprint density at radius 3 is 1.73 bits per heavy atom. The minimum atomic E-state index is 0.330. The Balaban J connectivity index is 1.73. The van der Waals surface area contributed by atoms with E-state index < -0.39 is 0 Å². The molecule has 0 aliphatic carbocycles. The van der Waals surface area contributed by atoms with Crippen molar-refractivity contribution in [3.8, 4) is 0 Å². The van der Waals surface area contributed by atoms with Crippen LogP contribution in [0.2, 0.25) is 0 Å². The number of benzene rings is 5. The van der Waals surface area contributed by atoms with Crippen molar-refractivity contribution in [3.05, 3.63) is 90.5 Å². The quantitative estimate of drug-likeness (QED) is 0.174. The first kappa shape index (κ1) is 19.5. The largest absolute Gasteiger partial charge is 0.399 e. The number of anilines is 3. The van der Waals surface area contributed by atoms with Crippen molar-refractivity contribution in [2.24, 2.45) is 0 Å². The van der Waals surface area contributed by atoms with Crippen molar-refractivity contribution in [2.45, 2.75) is 19.8 Å². The molecule has 0 aliphatic heterocycles. The third-order valence-electron chi connectivity index (χ3n) is 6.32. The smallest absolute Gasteiger partial charge is 0.113 e. The number of nitrogen functional groups attached to an aromatic ring is 1. The maximum absolute atomic E-state index is 5.87. The highest BCUT2D eigenvalue weighted by molar-refractivity contribution is 6.24. The molecule has 0 saturated heterocycles. The predicted octanol–water partition coefficient (Wildman–Crippen LogP) is 7.54. The van der Waals surface area contributed by atoms with Crippen LogP contribution in [0, 0.1) is 0 Å². The van der Waals surface area contributed by atoms with Crippen molar-refractivity contribution in [1.82, 2.24) is 9.97 Å². The Hall–Kier alpha value is -4.18. The first-order chi connectivity index (χ1) is 16.1. The second-order valence-corrected chi connectivity index (χ2v) is 8.81. The van der Waals surface area contributed by atoms with E-state index in [-0.39, 0.29) is 0 Å². The molecule has 0 fully saturated rings. The van der Waals surface area contributed by atoms with Crippen LogP contribution in [0.25, 0.3) is 43.6 Å². The van der Waals surface area contributed by atoms with Gasteiger partial charge in [0.2, 0.25) is 0 Å². The van der Waals surface area contributed by atoms with Crippen LogP contribution in [0.15, 0.2) is 84.9 Å². The molecular weight excluding hydrogens is 404 g/mol. The lowest BCUT2D eigenvalue weighted by Crippen LogP contribution is -2.00. The van der Waals surface area contributed by atoms with Gasteiger partial charge < -0.3 is 11.1 Å². The summed E-state index contributed by atoms with van der Waals surface area (Å²) < 4.78 is 0. The normalized spacial score (nSPS) is 11.7. The van der Waals surface area contributed by atoms with Crippen LogP contribution >= 0.6 is 0 Å². The summed E-state index contributed by atoms with van der Waals surface area (Å²) in [6, 6.07) is 29.0. The van der Waals surface area contributed by atoms with Crippen LogP contribution in [0.5, 0.6) is 0 Å². The van der Waals surface area contributed by atoms with Crippen molar-refractivity contribution >= 4 is 60.7 Å². The van der Waals surface area contributed by atoms with Crippen molar-refractivity contribution in [1.29, 1.82) is 0 Å². The van der Waals surface area contributed by atoms with E-state index in [2.05, 4.69) is 79.8 Å². The summed E-state index contributed by atoms with van der Waals surface area (Å²) in [7, 11) is 0. The second-order valence-electron chi connectivity index (χ2n) is 8.81. The summed E-state index contributed by atoms with van der Waals surface area (Å²) in [6.07, 6.45) is 0. The number of nitrogens with one attached hydrogen (secondary N) is 1. The van der Waals surface area contributed by atoms with Gasteiger partial charge in [0.05, 0.1) is 22.2 Å². The molecule has 6 aromatic rings. The van der Waals surface area contributed by atoms with Gasteiger partial charge in [-0.05, 0) is 52.6 Å². The molecule has 4 nitrogen and oxygen atoms in total. The van der Waals surface area contributed by atoms with E-state index in [0.717, 1.165) is 49.9 Å². The summed E-state index contributed by atoms with van der Waals surface area (Å²) in [5, 5.41) is 8.18. The standard InChI is InChI=1S/C29H24N4/c1-17(2)20-15-16-25(31-19-13-11-18(30)12-14-19)29-26(20)32-27-23-9-5-3-7-21(23)22-8-4-6-10-24(22)28(27)33-29/h3-17,31H,30H2,1-2H3. The lowest BCUT2D eigenvalue weighted by Gasteiger charge is -2.16. The van der Waals surface area contributed by atoms with Gasteiger partial charge in [0, 0.05) is 22.1 Å². The van der Waals surface area contributed by atoms with E-state index in [0.29, 0.717) is 5.92 Å². The third-order valence-corrected chi connectivity index (χ3v) is 6.32. The topological polar surface area (TPSA) is 63.8 Å². The number of rotatable bonds is 3. The maximum atomic E-state index is 5.87. The van der Waals surface area contributed by atoms with E-state index >= 15 is 0 Å². The summed E-state index contributed by atoms with van der Waals surface area (Å²) in [5.41, 5.74) is 13.4. The number of fused-ring (bicyclic) bond motifs is 7. The Labute approximate surface area is 192 Å². The maximum Gasteiger partial charge on any atom is 0.113 e. The zero-order chi connectivity index (χ0) is 22.5. The van der Waals surface area contributed by atoms with Crippen molar-refractivity contribution in [3.63, 3.8) is 0 Å². The van der Waals surface area contributed by atoms with Crippen LogP contribution in [0.3, 0.4) is 0 Å². The van der Waals surface area contributed by atoms with E-state index in [1.54, 1.807) is 0 Å². The highest BCUT2D eigenvalue weighted by Gasteiger charge is 2.17. The van der Waals surface area contributed by atoms with Gasteiger partial charge in [-0.15, -0.1) is 0 Å². The molecular formula is C29H24N4. The molecule has 1 aromatic heterocycles. The number of hydrogen-bond donors (Lipinski definition) is 2. The number of nitrogens with zero attached hydrogens (tertiary/aromatic N) is 2. The SMILES string of the molecule is CC(C)c1ccc(Nc2ccc(N)cc2)c2nc3c4ccccc4c4ccccc4c3nc12. The number of hydrogen-bond acceptors (Lipinski definition) is 4. The molecule has 1 heterocycles. The lowest BCUT2D eigenvalue weighted by atomic mass is 9.97. The third kappa shape index (κ3) is 3.14. The minimum absolute atomic E-state index is 0.330. The fourth-order valence-electron chi connectivity index (χ4n) is 4.67. The van der Waals surface area contributed by atoms with Gasteiger partial charge in [0.15, 0.2) is 0 Å². The Kier molecular flexibility index (Phi) is 4.40. The first-order valence-electron chi connectivity index (χ1n) is 11.3. The van der Waals surface area contributed by atoms with Gasteiger partial charge in [-0.2, -0.15) is 0 Å². The fourth-order valence-corrected chi connectivity index (χ4v) is 4.67. The molecule has 6 rings (SSSR count). The Morgan fingerprint density at radius 2 is 1.15 bits per heavy atom. The molecule has 0 radical (unpaired) electrons. The summed E-state index contributed by atoms with van der Waals surface area (Å²) in [4.78, 5) is 10.5. The second kappa shape index (κ2) is 7.45. The molecule has 0 bridgehead atoms. The molecule has 0 unspecified atom stereocenters. The van der Waals surface area contributed by atoms with E-state index in [1.807, 2.05) is 24.3 Å². The molecule has 4 heteroatoms. The van der Waals surface area contributed by atoms with Gasteiger partial charge in [-0.3, -0.25) is 0 Å². The molecule has 0 aliphatic rings. The Bertz CT molecular complexity index is 1670. The summed E-state index contributed by atoms with van der Waals surface area (Å²) in [5.74, 6) is 0.330. The van der Waals surface area contributed by atoms with Crippen molar-refractivity contribution in [2.75, 3.05) is 11.1 Å². The number of aromatic nitrogens is 2. The Morgan fingerprint density at radius 1 is 0.606 bits per heavy atom. The molecule has 33 heavy (non-hydrogen) atoms. The zero-order valence-corrected chi connectivity index (χ0v) is 18.6. The summed E-state index contributed by atoms with van der Waals surface area (Å²) >= 11 is 0. The zero-order valence-electron chi connectivity index (χ0n) is 18.6. The molecule has 0 saturated carbocycles. The van der Waals surface area contributed by atoms with Crippen LogP contribution < -0.4 is 11.1 Å². The van der Waals surface area contributed by atoms with Crippen LogP contribution in [0.4, 0.5) is 17.1 Å². The first-order valence-corrected chi connectivity index (χ1v) is 11.3. The van der Waals surface area contributed by atoms with Gasteiger partial charge in [-0.25, -0.2) is 9.97 Å². The van der Waals surface area contributed by atoms with E-state index in [4.69, 9.17) is 15.7 Å². The van der Waals surface area contributed by atoms with Crippen LogP contribution in [-0.2, 0) is 0 Å². The molecule has 0 atom stereocenters. The van der Waals surface area contributed by atoms with Gasteiger partial charge >= 0.3 is 0 Å². The number of nitrogens with two attached hydrogens (primary N) is 1. The molecule has 0 spiro atoms. The summed E-state index contributed by atoms with van der Waals surface area (Å²) in [6.45, 7) is 4.40. The van der Waals surface area contributed by atoms with Crippen LogP contribution in [-0.4, -0.2) is 9.97 Å². The average molecular weight is 429 g/mol. The fraction of sp³-hybridized carbons (Fsp3) is 0.103. The molecule has 160 valence electrons. The molecule has 5 aromatic carbocycles. The monoisotopic (exact) mass is 428 g/mol. The van der Waals surface area contributed by atoms with E-state index in [1.165, 1.54) is 16.3 Å². The molecule has 0 amide bonds. The van der Waals surface area contributed by atoms with Gasteiger partial charge in [0.25, 0.3) is 0 Å². The molecule has 3 N–H and O–H groups in total. The van der Waals surface area contributed by atoms with Gasteiger partial charge in [0.1, 0.15) is 5.52 Å². The van der Waals surface area contributed by atoms with E-state index in [9.17, 15) is 0 Å². The van der Waals surface area contributed by atoms with Crippen molar-refractivity contribution < 1.29 is 0 Å². The predicted molar refractivity (Wildman–Crippen MR) is 140 cm³/mol. The lowest BCUT2D eigenvalue weighted by molar-refractivity contribution is 0.873. The minimum Gasteiger partial charge on any atom is -0.399 e. The average Bonchev–Trinajstić information content (AvgIpc) is 2.84. The highest BCUT2D eigenvalue weighted by Crippen LogP contribution is 2.37.